The summed E-state index contributed by atoms with van der Waals surface area (Å²) in [7, 11) is 1.88. The Balaban J connectivity index is 1.50. The third-order valence-corrected chi connectivity index (χ3v) is 6.33. The number of likely N-dealkylation sites (N-methyl/N-ethyl adjacent to an activating group) is 1. The highest BCUT2D eigenvalue weighted by atomic mass is 16.2. The molecule has 2 N–H and O–H groups in total. The van der Waals surface area contributed by atoms with E-state index in [1.54, 1.807) is 0 Å². The second-order valence-electron chi connectivity index (χ2n) is 7.82. The standard InChI is InChI=1S/C21H28N4O2/c1-23-17-10-6-5-9-16(17)19(18(22)21(23)27)24-11-13-25(14-12-24)20(26)15-7-3-2-4-8-15/h2-4,7-8,16-17H,5-6,9-14,22H2,1H3. The van der Waals surface area contributed by atoms with Crippen molar-refractivity contribution in [2.45, 2.75) is 31.7 Å². The largest absolute Gasteiger partial charge is 0.393 e. The maximum atomic E-state index is 12.7. The molecule has 6 heteroatoms. The van der Waals surface area contributed by atoms with E-state index >= 15 is 0 Å². The number of piperazine rings is 1. The van der Waals surface area contributed by atoms with E-state index in [0.29, 0.717) is 24.7 Å². The van der Waals surface area contributed by atoms with Crippen molar-refractivity contribution in [3.05, 3.63) is 47.3 Å². The Hall–Kier alpha value is -2.50. The molecule has 6 nitrogen and oxygen atoms in total. The molecular weight excluding hydrogens is 340 g/mol. The van der Waals surface area contributed by atoms with Gasteiger partial charge in [0.2, 0.25) is 0 Å². The predicted octanol–water partition coefficient (Wildman–Crippen LogP) is 1.65. The van der Waals surface area contributed by atoms with Crippen LogP contribution in [0, 0.1) is 5.92 Å². The summed E-state index contributed by atoms with van der Waals surface area (Å²) < 4.78 is 0. The summed E-state index contributed by atoms with van der Waals surface area (Å²) in [6.07, 6.45) is 4.50. The van der Waals surface area contributed by atoms with Crippen molar-refractivity contribution in [1.29, 1.82) is 0 Å². The quantitative estimate of drug-likeness (QED) is 0.862. The van der Waals surface area contributed by atoms with Gasteiger partial charge in [-0.2, -0.15) is 0 Å². The topological polar surface area (TPSA) is 69.9 Å². The van der Waals surface area contributed by atoms with Crippen molar-refractivity contribution in [3.8, 4) is 0 Å². The van der Waals surface area contributed by atoms with Crippen molar-refractivity contribution < 1.29 is 9.59 Å². The minimum absolute atomic E-state index is 0.0454. The summed E-state index contributed by atoms with van der Waals surface area (Å²) in [5.41, 5.74) is 8.47. The predicted molar refractivity (Wildman–Crippen MR) is 104 cm³/mol. The van der Waals surface area contributed by atoms with Gasteiger partial charge in [0.05, 0.1) is 0 Å². The van der Waals surface area contributed by atoms with Gasteiger partial charge in [0.15, 0.2) is 0 Å². The zero-order valence-corrected chi connectivity index (χ0v) is 15.9. The molecule has 1 saturated heterocycles. The molecular formula is C21H28N4O2. The molecule has 144 valence electrons. The highest BCUT2D eigenvalue weighted by Crippen LogP contribution is 2.39. The van der Waals surface area contributed by atoms with Crippen LogP contribution in [0.25, 0.3) is 0 Å². The summed E-state index contributed by atoms with van der Waals surface area (Å²) in [4.78, 5) is 31.3. The number of nitrogens with zero attached hydrogens (tertiary/aromatic N) is 3. The van der Waals surface area contributed by atoms with Gasteiger partial charge in [-0.3, -0.25) is 9.59 Å². The average Bonchev–Trinajstić information content (AvgIpc) is 2.73. The normalized spacial score (nSPS) is 26.3. The van der Waals surface area contributed by atoms with Crippen molar-refractivity contribution >= 4 is 11.8 Å². The van der Waals surface area contributed by atoms with Crippen molar-refractivity contribution in [3.63, 3.8) is 0 Å². The third-order valence-electron chi connectivity index (χ3n) is 6.33. The highest BCUT2D eigenvalue weighted by molar-refractivity contribution is 5.95. The van der Waals surface area contributed by atoms with E-state index in [2.05, 4.69) is 4.90 Å². The van der Waals surface area contributed by atoms with E-state index < -0.39 is 0 Å². The van der Waals surface area contributed by atoms with E-state index in [4.69, 9.17) is 5.73 Å². The number of benzene rings is 1. The second-order valence-corrected chi connectivity index (χ2v) is 7.82. The highest BCUT2D eigenvalue weighted by Gasteiger charge is 2.42. The summed E-state index contributed by atoms with van der Waals surface area (Å²) in [5, 5.41) is 0. The van der Waals surface area contributed by atoms with E-state index in [0.717, 1.165) is 37.2 Å². The minimum atomic E-state index is -0.0454. The Kier molecular flexibility index (Phi) is 4.81. The molecule has 0 bridgehead atoms. The van der Waals surface area contributed by atoms with Crippen molar-refractivity contribution in [2.24, 2.45) is 11.7 Å². The molecule has 1 aliphatic carbocycles. The molecule has 4 rings (SSSR count). The fraction of sp³-hybridized carbons (Fsp3) is 0.524. The number of fused-ring (bicyclic) bond motifs is 1. The molecule has 2 heterocycles. The van der Waals surface area contributed by atoms with Gasteiger partial charge in [0.1, 0.15) is 5.70 Å². The zero-order valence-electron chi connectivity index (χ0n) is 15.9. The lowest BCUT2D eigenvalue weighted by molar-refractivity contribution is -0.131. The van der Waals surface area contributed by atoms with Crippen LogP contribution in [0.1, 0.15) is 36.0 Å². The maximum Gasteiger partial charge on any atom is 0.271 e. The molecule has 27 heavy (non-hydrogen) atoms. The fourth-order valence-corrected chi connectivity index (χ4v) is 4.86. The number of rotatable bonds is 2. The SMILES string of the molecule is CN1C(=O)C(N)=C(N2CCN(C(=O)c3ccccc3)CC2)C2CCCCC21. The number of carbonyl (C=O) groups is 2. The molecule has 1 saturated carbocycles. The van der Waals surface area contributed by atoms with Gasteiger partial charge in [-0.05, 0) is 25.0 Å². The lowest BCUT2D eigenvalue weighted by Gasteiger charge is -2.48. The van der Waals surface area contributed by atoms with Gasteiger partial charge in [0, 0.05) is 56.4 Å². The molecule has 2 unspecified atom stereocenters. The number of amides is 2. The summed E-state index contributed by atoms with van der Waals surface area (Å²) in [6, 6.07) is 9.68. The monoisotopic (exact) mass is 368 g/mol. The van der Waals surface area contributed by atoms with Crippen LogP contribution in [0.15, 0.2) is 41.7 Å². The molecule has 1 aromatic rings. The molecule has 1 aromatic carbocycles. The van der Waals surface area contributed by atoms with E-state index in [1.165, 1.54) is 12.8 Å². The Bertz CT molecular complexity index is 753. The lowest BCUT2D eigenvalue weighted by Crippen LogP contribution is -2.56. The molecule has 0 spiro atoms. The molecule has 0 radical (unpaired) electrons. The Labute approximate surface area is 160 Å². The van der Waals surface area contributed by atoms with Crippen molar-refractivity contribution in [2.75, 3.05) is 33.2 Å². The average molecular weight is 368 g/mol. The van der Waals surface area contributed by atoms with Crippen LogP contribution in [0.3, 0.4) is 0 Å². The molecule has 2 fully saturated rings. The van der Waals surface area contributed by atoms with Gasteiger partial charge < -0.3 is 20.4 Å². The molecule has 0 aromatic heterocycles. The first-order valence-electron chi connectivity index (χ1n) is 9.94. The Morgan fingerprint density at radius 3 is 2.41 bits per heavy atom. The van der Waals surface area contributed by atoms with Crippen LogP contribution in [0.5, 0.6) is 0 Å². The van der Waals surface area contributed by atoms with Gasteiger partial charge in [-0.15, -0.1) is 0 Å². The Morgan fingerprint density at radius 1 is 1.04 bits per heavy atom. The smallest absolute Gasteiger partial charge is 0.271 e. The van der Waals surface area contributed by atoms with E-state index in [9.17, 15) is 9.59 Å². The summed E-state index contributed by atoms with van der Waals surface area (Å²) in [6.45, 7) is 2.78. The second kappa shape index (κ2) is 7.25. The molecule has 2 aliphatic heterocycles. The first-order chi connectivity index (χ1) is 13.1. The summed E-state index contributed by atoms with van der Waals surface area (Å²) in [5.74, 6) is 0.362. The number of carbonyl (C=O) groups excluding carboxylic acids is 2. The van der Waals surface area contributed by atoms with Gasteiger partial charge in [-0.1, -0.05) is 31.0 Å². The van der Waals surface area contributed by atoms with Crippen LogP contribution in [0.4, 0.5) is 0 Å². The fourth-order valence-electron chi connectivity index (χ4n) is 4.86. The maximum absolute atomic E-state index is 12.7. The zero-order chi connectivity index (χ0) is 19.0. The van der Waals surface area contributed by atoms with Crippen LogP contribution in [0.2, 0.25) is 0 Å². The number of nitrogens with two attached hydrogens (primary N) is 1. The Morgan fingerprint density at radius 2 is 1.70 bits per heavy atom. The van der Waals surface area contributed by atoms with Gasteiger partial charge in [-0.25, -0.2) is 0 Å². The van der Waals surface area contributed by atoms with E-state index in [-0.39, 0.29) is 17.9 Å². The minimum Gasteiger partial charge on any atom is -0.393 e. The van der Waals surface area contributed by atoms with Crippen LogP contribution in [-0.4, -0.2) is 65.8 Å². The summed E-state index contributed by atoms with van der Waals surface area (Å²) >= 11 is 0. The van der Waals surface area contributed by atoms with Crippen LogP contribution >= 0.6 is 0 Å². The van der Waals surface area contributed by atoms with Crippen molar-refractivity contribution in [1.82, 2.24) is 14.7 Å². The third kappa shape index (κ3) is 3.17. The molecule has 3 aliphatic rings. The van der Waals surface area contributed by atoms with Crippen LogP contribution in [-0.2, 0) is 4.79 Å². The van der Waals surface area contributed by atoms with E-state index in [1.807, 2.05) is 47.2 Å². The number of hydrogen-bond acceptors (Lipinski definition) is 4. The van der Waals surface area contributed by atoms with Crippen LogP contribution < -0.4 is 5.73 Å². The first kappa shape index (κ1) is 17.9. The number of hydrogen-bond donors (Lipinski definition) is 1. The molecule has 2 amide bonds. The van der Waals surface area contributed by atoms with Gasteiger partial charge >= 0.3 is 0 Å². The first-order valence-corrected chi connectivity index (χ1v) is 9.94. The van der Waals surface area contributed by atoms with Gasteiger partial charge in [0.25, 0.3) is 11.8 Å². The lowest BCUT2D eigenvalue weighted by atomic mass is 9.78. The molecule has 2 atom stereocenters.